The highest BCUT2D eigenvalue weighted by Crippen LogP contribution is 2.46. The van der Waals surface area contributed by atoms with Crippen molar-refractivity contribution in [2.75, 3.05) is 6.54 Å². The molecule has 2 fully saturated rings. The summed E-state index contributed by atoms with van der Waals surface area (Å²) in [5.74, 6) is 0.699. The molecular formula is C14H17BrFN. The van der Waals surface area contributed by atoms with E-state index in [0.29, 0.717) is 0 Å². The van der Waals surface area contributed by atoms with Crippen molar-refractivity contribution in [3.8, 4) is 0 Å². The number of rotatable bonds is 3. The lowest BCUT2D eigenvalue weighted by atomic mass is 9.84. The van der Waals surface area contributed by atoms with Crippen LogP contribution < -0.4 is 5.32 Å². The molecule has 0 radical (unpaired) electrons. The average molecular weight is 298 g/mol. The van der Waals surface area contributed by atoms with E-state index in [4.69, 9.17) is 0 Å². The molecule has 1 heterocycles. The molecule has 1 saturated heterocycles. The van der Waals surface area contributed by atoms with E-state index < -0.39 is 0 Å². The lowest BCUT2D eigenvalue weighted by Crippen LogP contribution is -2.44. The van der Waals surface area contributed by atoms with E-state index in [-0.39, 0.29) is 11.4 Å². The minimum absolute atomic E-state index is 0.0677. The molecule has 92 valence electrons. The minimum atomic E-state index is -0.0677. The Morgan fingerprint density at radius 1 is 1.41 bits per heavy atom. The van der Waals surface area contributed by atoms with E-state index in [1.54, 1.807) is 12.1 Å². The molecule has 3 heteroatoms. The van der Waals surface area contributed by atoms with Gasteiger partial charge in [-0.1, -0.05) is 15.9 Å². The van der Waals surface area contributed by atoms with Crippen LogP contribution in [0.15, 0.2) is 22.7 Å². The summed E-state index contributed by atoms with van der Waals surface area (Å²) >= 11 is 3.43. The molecule has 3 rings (SSSR count). The first-order valence-corrected chi connectivity index (χ1v) is 7.18. The van der Waals surface area contributed by atoms with Crippen molar-refractivity contribution in [1.29, 1.82) is 0 Å². The van der Waals surface area contributed by atoms with Gasteiger partial charge in [0.1, 0.15) is 5.82 Å². The van der Waals surface area contributed by atoms with Gasteiger partial charge < -0.3 is 5.32 Å². The molecule has 1 unspecified atom stereocenters. The summed E-state index contributed by atoms with van der Waals surface area (Å²) < 4.78 is 14.8. The van der Waals surface area contributed by atoms with Crippen molar-refractivity contribution in [1.82, 2.24) is 5.32 Å². The summed E-state index contributed by atoms with van der Waals surface area (Å²) in [6.07, 6.45) is 5.88. The van der Waals surface area contributed by atoms with Crippen LogP contribution in [0.1, 0.15) is 31.2 Å². The van der Waals surface area contributed by atoms with Gasteiger partial charge in [-0.15, -0.1) is 0 Å². The molecule has 1 atom stereocenters. The fourth-order valence-corrected chi connectivity index (χ4v) is 3.54. The first-order chi connectivity index (χ1) is 8.20. The van der Waals surface area contributed by atoms with Gasteiger partial charge in [0.25, 0.3) is 0 Å². The Kier molecular flexibility index (Phi) is 2.99. The van der Waals surface area contributed by atoms with Crippen LogP contribution in [-0.4, -0.2) is 12.1 Å². The largest absolute Gasteiger partial charge is 0.311 e. The second kappa shape index (κ2) is 4.36. The molecule has 1 aromatic rings. The molecule has 1 aromatic carbocycles. The van der Waals surface area contributed by atoms with Crippen molar-refractivity contribution < 1.29 is 4.39 Å². The van der Waals surface area contributed by atoms with Crippen LogP contribution in [-0.2, 0) is 6.42 Å². The van der Waals surface area contributed by atoms with Gasteiger partial charge in [0.05, 0.1) is 0 Å². The minimum Gasteiger partial charge on any atom is -0.311 e. The van der Waals surface area contributed by atoms with Crippen LogP contribution in [0, 0.1) is 11.7 Å². The zero-order valence-electron chi connectivity index (χ0n) is 9.81. The number of hydrogen-bond donors (Lipinski definition) is 1. The fraction of sp³-hybridized carbons (Fsp3) is 0.571. The summed E-state index contributed by atoms with van der Waals surface area (Å²) in [6, 6.07) is 5.26. The van der Waals surface area contributed by atoms with Crippen molar-refractivity contribution in [3.63, 3.8) is 0 Å². The molecule has 0 amide bonds. The number of benzene rings is 1. The van der Waals surface area contributed by atoms with E-state index in [0.717, 1.165) is 28.9 Å². The molecular weight excluding hydrogens is 281 g/mol. The zero-order valence-corrected chi connectivity index (χ0v) is 11.4. The Morgan fingerprint density at radius 2 is 2.24 bits per heavy atom. The second-order valence-corrected chi connectivity index (χ2v) is 6.29. The van der Waals surface area contributed by atoms with Crippen molar-refractivity contribution in [3.05, 3.63) is 34.1 Å². The summed E-state index contributed by atoms with van der Waals surface area (Å²) in [5, 5.41) is 3.65. The highest BCUT2D eigenvalue weighted by molar-refractivity contribution is 9.10. The summed E-state index contributed by atoms with van der Waals surface area (Å²) in [4.78, 5) is 0. The maximum atomic E-state index is 13.8. The maximum Gasteiger partial charge on any atom is 0.126 e. The predicted molar refractivity (Wildman–Crippen MR) is 70.5 cm³/mol. The summed E-state index contributed by atoms with van der Waals surface area (Å²) in [7, 11) is 0. The highest BCUT2D eigenvalue weighted by Gasteiger charge is 2.46. The first-order valence-electron chi connectivity index (χ1n) is 6.39. The molecule has 1 nitrogen and oxygen atoms in total. The number of nitrogens with one attached hydrogen (secondary N) is 1. The van der Waals surface area contributed by atoms with Gasteiger partial charge in [0.15, 0.2) is 0 Å². The molecule has 1 N–H and O–H groups in total. The zero-order chi connectivity index (χ0) is 11.9. The molecule has 2 aliphatic rings. The van der Waals surface area contributed by atoms with Gasteiger partial charge in [-0.05, 0) is 68.3 Å². The van der Waals surface area contributed by atoms with Gasteiger partial charge in [-0.2, -0.15) is 0 Å². The quantitative estimate of drug-likeness (QED) is 0.898. The van der Waals surface area contributed by atoms with Gasteiger partial charge in [0, 0.05) is 10.0 Å². The van der Waals surface area contributed by atoms with Crippen LogP contribution in [0.25, 0.3) is 0 Å². The standard InChI is InChI=1S/C14H17BrFN/c15-12-4-5-13(16)10(8-12)9-14(11-2-3-11)6-1-7-17-14/h4-5,8,11,17H,1-3,6-7,9H2. The number of halogens is 2. The monoisotopic (exact) mass is 297 g/mol. The van der Waals surface area contributed by atoms with Gasteiger partial charge in [0.2, 0.25) is 0 Å². The smallest absolute Gasteiger partial charge is 0.126 e. The van der Waals surface area contributed by atoms with E-state index in [2.05, 4.69) is 21.2 Å². The van der Waals surface area contributed by atoms with Crippen LogP contribution in [0.5, 0.6) is 0 Å². The van der Waals surface area contributed by atoms with E-state index in [1.165, 1.54) is 25.7 Å². The van der Waals surface area contributed by atoms with Crippen LogP contribution in [0.4, 0.5) is 4.39 Å². The second-order valence-electron chi connectivity index (χ2n) is 5.37. The average Bonchev–Trinajstić information content (AvgIpc) is 3.07. The Morgan fingerprint density at radius 3 is 2.88 bits per heavy atom. The third-order valence-corrected chi connectivity index (χ3v) is 4.64. The Labute approximate surface area is 110 Å². The highest BCUT2D eigenvalue weighted by atomic mass is 79.9. The Bertz CT molecular complexity index is 422. The van der Waals surface area contributed by atoms with Crippen molar-refractivity contribution >= 4 is 15.9 Å². The molecule has 1 aliphatic carbocycles. The van der Waals surface area contributed by atoms with Gasteiger partial charge >= 0.3 is 0 Å². The Balaban J connectivity index is 1.87. The summed E-state index contributed by atoms with van der Waals surface area (Å²) in [6.45, 7) is 1.09. The van der Waals surface area contributed by atoms with Crippen LogP contribution in [0.2, 0.25) is 0 Å². The van der Waals surface area contributed by atoms with Crippen molar-refractivity contribution in [2.24, 2.45) is 5.92 Å². The third-order valence-electron chi connectivity index (χ3n) is 4.15. The first kappa shape index (κ1) is 11.7. The van der Waals surface area contributed by atoms with Gasteiger partial charge in [-0.25, -0.2) is 4.39 Å². The molecule has 0 bridgehead atoms. The van der Waals surface area contributed by atoms with Crippen LogP contribution in [0.3, 0.4) is 0 Å². The van der Waals surface area contributed by atoms with Crippen LogP contribution >= 0.6 is 15.9 Å². The Hall–Kier alpha value is -0.410. The molecule has 0 spiro atoms. The van der Waals surface area contributed by atoms with E-state index in [1.807, 2.05) is 6.07 Å². The number of hydrogen-bond acceptors (Lipinski definition) is 1. The SMILES string of the molecule is Fc1ccc(Br)cc1CC1(C2CC2)CCCN1. The summed E-state index contributed by atoms with van der Waals surface area (Å²) in [5.41, 5.74) is 1.03. The lowest BCUT2D eigenvalue weighted by Gasteiger charge is -2.30. The van der Waals surface area contributed by atoms with E-state index in [9.17, 15) is 4.39 Å². The maximum absolute atomic E-state index is 13.8. The van der Waals surface area contributed by atoms with E-state index >= 15 is 0 Å². The van der Waals surface area contributed by atoms with Crippen molar-refractivity contribution in [2.45, 2.75) is 37.6 Å². The normalized spacial score (nSPS) is 28.6. The molecule has 1 saturated carbocycles. The molecule has 17 heavy (non-hydrogen) atoms. The van der Waals surface area contributed by atoms with Gasteiger partial charge in [-0.3, -0.25) is 0 Å². The third kappa shape index (κ3) is 2.27. The molecule has 1 aliphatic heterocycles. The fourth-order valence-electron chi connectivity index (χ4n) is 3.13. The topological polar surface area (TPSA) is 12.0 Å². The lowest BCUT2D eigenvalue weighted by molar-refractivity contribution is 0.319. The molecule has 0 aromatic heterocycles. The predicted octanol–water partition coefficient (Wildman–Crippen LogP) is 3.66.